The Morgan fingerprint density at radius 2 is 1.50 bits per heavy atom. The molecule has 0 bridgehead atoms. The van der Waals surface area contributed by atoms with Crippen LogP contribution in [0.5, 0.6) is 11.5 Å². The summed E-state index contributed by atoms with van der Waals surface area (Å²) in [6.45, 7) is 6.80. The number of halogens is 1. The Kier molecular flexibility index (Phi) is 7.42. The molecule has 5 nitrogen and oxygen atoms in total. The van der Waals surface area contributed by atoms with Crippen LogP contribution >= 0.6 is 0 Å². The molecule has 2 heterocycles. The van der Waals surface area contributed by atoms with Gasteiger partial charge >= 0.3 is 0 Å². The molecule has 2 aromatic rings. The molecule has 2 aliphatic heterocycles. The number of hydrogen-bond acceptors (Lipinski definition) is 4. The third-order valence-electron chi connectivity index (χ3n) is 5.77. The third-order valence-corrected chi connectivity index (χ3v) is 5.77. The molecule has 162 valence electrons. The molecule has 2 aromatic carbocycles. The molecule has 30 heavy (non-hydrogen) atoms. The fourth-order valence-electron chi connectivity index (χ4n) is 4.45. The second kappa shape index (κ2) is 9.84. The maximum Gasteiger partial charge on any atom is 0.275 e. The van der Waals surface area contributed by atoms with Gasteiger partial charge in [-0.25, -0.2) is 0 Å². The van der Waals surface area contributed by atoms with E-state index < -0.39 is 5.72 Å². The van der Waals surface area contributed by atoms with E-state index in [1.54, 1.807) is 0 Å². The van der Waals surface area contributed by atoms with Crippen LogP contribution in [0.15, 0.2) is 48.5 Å². The number of hydrogen-bond donors (Lipinski definition) is 1. The van der Waals surface area contributed by atoms with Gasteiger partial charge in [-0.1, -0.05) is 0 Å². The number of anilines is 1. The fraction of sp³-hybridized carbons (Fsp3) is 0.458. The van der Waals surface area contributed by atoms with Gasteiger partial charge in [0.05, 0.1) is 19.8 Å². The van der Waals surface area contributed by atoms with E-state index in [1.165, 1.54) is 18.7 Å². The smallest absolute Gasteiger partial charge is 0.275 e. The van der Waals surface area contributed by atoms with E-state index >= 15 is 0 Å². The maximum atomic E-state index is 12.0. The molecule has 0 radical (unpaired) electrons. The highest BCUT2D eigenvalue weighted by molar-refractivity contribution is 5.97. The summed E-state index contributed by atoms with van der Waals surface area (Å²) < 4.78 is 13.6. The van der Waals surface area contributed by atoms with Crippen LogP contribution < -0.4 is 31.4 Å². The van der Waals surface area contributed by atoms with Gasteiger partial charge < -0.3 is 31.6 Å². The summed E-state index contributed by atoms with van der Waals surface area (Å²) in [5.41, 5.74) is 0.768. The summed E-state index contributed by atoms with van der Waals surface area (Å²) in [7, 11) is 0. The molecule has 0 saturated carbocycles. The topological polar surface area (TPSA) is 44.9 Å². The van der Waals surface area contributed by atoms with Crippen molar-refractivity contribution in [3.63, 3.8) is 0 Å². The molecular formula is C24H31BrN2O3. The van der Waals surface area contributed by atoms with Gasteiger partial charge in [0.2, 0.25) is 0 Å². The maximum absolute atomic E-state index is 12.0. The molecule has 1 N–H and O–H groups in total. The first-order chi connectivity index (χ1) is 14.2. The summed E-state index contributed by atoms with van der Waals surface area (Å²) in [5.74, 6) is 2.89. The molecule has 1 atom stereocenters. The van der Waals surface area contributed by atoms with Crippen LogP contribution in [-0.2, 0) is 5.72 Å². The van der Waals surface area contributed by atoms with Crippen molar-refractivity contribution >= 4 is 11.5 Å². The monoisotopic (exact) mass is 474 g/mol. The summed E-state index contributed by atoms with van der Waals surface area (Å²) in [6.07, 6.45) is 4.53. The SMILES string of the molecule is CCOc1ccc(N2C3=[N+](CCCCC3)CC2(O)c2ccc(OCC)cc2)cc1.[Br-]. The first kappa shape index (κ1) is 22.6. The second-order valence-electron chi connectivity index (χ2n) is 7.68. The van der Waals surface area contributed by atoms with E-state index in [9.17, 15) is 5.11 Å². The minimum atomic E-state index is -1.11. The van der Waals surface area contributed by atoms with E-state index in [0.717, 1.165) is 42.1 Å². The normalized spacial score (nSPS) is 21.0. The highest BCUT2D eigenvalue weighted by atomic mass is 79.9. The van der Waals surface area contributed by atoms with Crippen LogP contribution in [0.1, 0.15) is 45.1 Å². The summed E-state index contributed by atoms with van der Waals surface area (Å²) in [5, 5.41) is 12.0. The van der Waals surface area contributed by atoms with Crippen molar-refractivity contribution in [1.82, 2.24) is 0 Å². The van der Waals surface area contributed by atoms with E-state index in [1.807, 2.05) is 62.4 Å². The number of aliphatic hydroxyl groups is 1. The van der Waals surface area contributed by atoms with Crippen molar-refractivity contribution in [2.24, 2.45) is 0 Å². The van der Waals surface area contributed by atoms with Crippen LogP contribution in [-0.4, -0.2) is 41.8 Å². The molecule has 0 aromatic heterocycles. The van der Waals surface area contributed by atoms with Crippen LogP contribution in [0.25, 0.3) is 0 Å². The van der Waals surface area contributed by atoms with Gasteiger partial charge in [-0.05, 0) is 81.6 Å². The first-order valence-corrected chi connectivity index (χ1v) is 10.8. The second-order valence-corrected chi connectivity index (χ2v) is 7.68. The quantitative estimate of drug-likeness (QED) is 0.637. The number of ether oxygens (including phenoxy) is 2. The lowest BCUT2D eigenvalue weighted by Crippen LogP contribution is -3.00. The number of nitrogens with zero attached hydrogens (tertiary/aromatic N) is 2. The van der Waals surface area contributed by atoms with Gasteiger partial charge in [-0.3, -0.25) is 4.58 Å². The summed E-state index contributed by atoms with van der Waals surface area (Å²) >= 11 is 0. The van der Waals surface area contributed by atoms with Gasteiger partial charge in [-0.2, -0.15) is 4.90 Å². The zero-order valence-corrected chi connectivity index (χ0v) is 19.4. The van der Waals surface area contributed by atoms with E-state index in [2.05, 4.69) is 9.48 Å². The van der Waals surface area contributed by atoms with Crippen LogP contribution in [0, 0.1) is 0 Å². The third kappa shape index (κ3) is 4.35. The summed E-state index contributed by atoms with van der Waals surface area (Å²) in [6, 6.07) is 15.9. The van der Waals surface area contributed by atoms with Gasteiger partial charge in [0.1, 0.15) is 17.2 Å². The standard InChI is InChI=1S/C24H31N2O3.BrH/c1-3-28-21-13-9-19(10-14-21)24(27)18-25-17-7-5-6-8-23(25)26(24)20-11-15-22(16-12-20)29-4-2;/h9-16,27H,3-8,17-18H2,1-2H3;1H/q+1;/p-1. The van der Waals surface area contributed by atoms with Crippen molar-refractivity contribution in [1.29, 1.82) is 0 Å². The van der Waals surface area contributed by atoms with Crippen LogP contribution in [0.2, 0.25) is 0 Å². The molecule has 6 heteroatoms. The average Bonchev–Trinajstić information content (AvgIpc) is 2.86. The predicted octanol–water partition coefficient (Wildman–Crippen LogP) is 1.14. The Hall–Kier alpha value is -2.05. The highest BCUT2D eigenvalue weighted by Gasteiger charge is 2.54. The molecule has 0 amide bonds. The predicted molar refractivity (Wildman–Crippen MR) is 115 cm³/mol. The molecule has 0 fully saturated rings. The zero-order chi connectivity index (χ0) is 20.3. The van der Waals surface area contributed by atoms with Crippen molar-refractivity contribution in [2.45, 2.75) is 45.3 Å². The van der Waals surface area contributed by atoms with E-state index in [-0.39, 0.29) is 17.0 Å². The Balaban J connectivity index is 0.00000256. The van der Waals surface area contributed by atoms with Crippen molar-refractivity contribution in [3.05, 3.63) is 54.1 Å². The van der Waals surface area contributed by atoms with Crippen LogP contribution in [0.3, 0.4) is 0 Å². The zero-order valence-electron chi connectivity index (χ0n) is 17.8. The molecule has 4 rings (SSSR count). The van der Waals surface area contributed by atoms with Crippen molar-refractivity contribution in [2.75, 3.05) is 31.2 Å². The van der Waals surface area contributed by atoms with Crippen molar-refractivity contribution < 1.29 is 36.1 Å². The van der Waals surface area contributed by atoms with Gasteiger partial charge in [0, 0.05) is 12.0 Å². The molecule has 0 spiro atoms. The largest absolute Gasteiger partial charge is 1.00 e. The minimum absolute atomic E-state index is 0. The lowest BCUT2D eigenvalue weighted by Gasteiger charge is -2.29. The van der Waals surface area contributed by atoms with Gasteiger partial charge in [0.15, 0.2) is 6.54 Å². The molecule has 0 saturated heterocycles. The molecule has 2 aliphatic rings. The Bertz CT molecular complexity index is 867. The van der Waals surface area contributed by atoms with E-state index in [0.29, 0.717) is 19.8 Å². The van der Waals surface area contributed by atoms with Crippen LogP contribution in [0.4, 0.5) is 5.69 Å². The number of rotatable bonds is 6. The first-order valence-electron chi connectivity index (χ1n) is 10.8. The lowest BCUT2D eigenvalue weighted by atomic mass is 9.99. The molecular weight excluding hydrogens is 444 g/mol. The average molecular weight is 475 g/mol. The Labute approximate surface area is 189 Å². The molecule has 1 unspecified atom stereocenters. The highest BCUT2D eigenvalue weighted by Crippen LogP contribution is 2.38. The van der Waals surface area contributed by atoms with Gasteiger partial charge in [-0.15, -0.1) is 0 Å². The van der Waals surface area contributed by atoms with E-state index in [4.69, 9.17) is 9.47 Å². The summed E-state index contributed by atoms with van der Waals surface area (Å²) in [4.78, 5) is 2.13. The van der Waals surface area contributed by atoms with Crippen molar-refractivity contribution in [3.8, 4) is 11.5 Å². The number of amidine groups is 1. The molecule has 0 aliphatic carbocycles. The fourth-order valence-corrected chi connectivity index (χ4v) is 4.45. The number of benzene rings is 2. The Morgan fingerprint density at radius 1 is 0.900 bits per heavy atom. The van der Waals surface area contributed by atoms with Gasteiger partial charge in [0.25, 0.3) is 11.6 Å². The minimum Gasteiger partial charge on any atom is -1.00 e. The Morgan fingerprint density at radius 3 is 2.10 bits per heavy atom. The lowest BCUT2D eigenvalue weighted by molar-refractivity contribution is -0.534.